The molecule has 1 amide bonds. The fourth-order valence-electron chi connectivity index (χ4n) is 2.01. The predicted molar refractivity (Wildman–Crippen MR) is 87.7 cm³/mol. The molecular weight excluding hydrogens is 307 g/mol. The molecule has 0 bridgehead atoms. The van der Waals surface area contributed by atoms with Crippen LogP contribution >= 0.6 is 12.4 Å². The molecule has 0 heterocycles. The number of benzene rings is 1. The zero-order valence-corrected chi connectivity index (χ0v) is 13.6. The van der Waals surface area contributed by atoms with Gasteiger partial charge in [0, 0.05) is 31.0 Å². The van der Waals surface area contributed by atoms with Gasteiger partial charge in [0.1, 0.15) is 5.82 Å². The van der Waals surface area contributed by atoms with Crippen molar-refractivity contribution in [1.29, 1.82) is 0 Å². The molecule has 0 radical (unpaired) electrons. The van der Waals surface area contributed by atoms with Crippen LogP contribution in [0.4, 0.5) is 4.39 Å². The van der Waals surface area contributed by atoms with Crippen molar-refractivity contribution in [3.05, 3.63) is 35.6 Å². The van der Waals surface area contributed by atoms with Gasteiger partial charge in [-0.3, -0.25) is 9.59 Å². The van der Waals surface area contributed by atoms with Crippen LogP contribution in [-0.4, -0.2) is 24.3 Å². The minimum absolute atomic E-state index is 0. The first kappa shape index (κ1) is 20.5. The lowest BCUT2D eigenvalue weighted by molar-refractivity contribution is -0.121. The SMILES string of the molecule is CCCCC(CN)NC(=O)CCC(=O)c1ccc(F)cc1.Cl. The third-order valence-electron chi connectivity index (χ3n) is 3.30. The van der Waals surface area contributed by atoms with Gasteiger partial charge in [-0.05, 0) is 30.7 Å². The number of nitrogens with two attached hydrogens (primary N) is 1. The summed E-state index contributed by atoms with van der Waals surface area (Å²) < 4.78 is 12.8. The molecule has 22 heavy (non-hydrogen) atoms. The van der Waals surface area contributed by atoms with Gasteiger partial charge in [-0.2, -0.15) is 0 Å². The lowest BCUT2D eigenvalue weighted by Crippen LogP contribution is -2.40. The number of carbonyl (C=O) groups is 2. The Kier molecular flexibility index (Phi) is 10.4. The van der Waals surface area contributed by atoms with Crippen LogP contribution in [0.25, 0.3) is 0 Å². The van der Waals surface area contributed by atoms with Gasteiger partial charge < -0.3 is 11.1 Å². The van der Waals surface area contributed by atoms with Crippen molar-refractivity contribution in [3.8, 4) is 0 Å². The molecule has 0 saturated heterocycles. The summed E-state index contributed by atoms with van der Waals surface area (Å²) >= 11 is 0. The highest BCUT2D eigenvalue weighted by molar-refractivity contribution is 5.97. The second kappa shape index (κ2) is 11.2. The molecule has 3 N–H and O–H groups in total. The molecule has 1 atom stereocenters. The van der Waals surface area contributed by atoms with Crippen molar-refractivity contribution in [2.75, 3.05) is 6.54 Å². The lowest BCUT2D eigenvalue weighted by Gasteiger charge is -2.16. The topological polar surface area (TPSA) is 72.2 Å². The first-order valence-electron chi connectivity index (χ1n) is 7.35. The lowest BCUT2D eigenvalue weighted by atomic mass is 10.1. The van der Waals surface area contributed by atoms with Gasteiger partial charge in [0.25, 0.3) is 0 Å². The Balaban J connectivity index is 0.00000441. The number of rotatable bonds is 9. The van der Waals surface area contributed by atoms with E-state index in [9.17, 15) is 14.0 Å². The maximum Gasteiger partial charge on any atom is 0.220 e. The first-order chi connectivity index (χ1) is 10.1. The molecular formula is C16H24ClFN2O2. The summed E-state index contributed by atoms with van der Waals surface area (Å²) in [6, 6.07) is 5.31. The van der Waals surface area contributed by atoms with E-state index in [4.69, 9.17) is 5.73 Å². The van der Waals surface area contributed by atoms with Crippen molar-refractivity contribution < 1.29 is 14.0 Å². The molecule has 0 aromatic heterocycles. The zero-order valence-electron chi connectivity index (χ0n) is 12.8. The van der Waals surface area contributed by atoms with E-state index in [2.05, 4.69) is 12.2 Å². The fourth-order valence-corrected chi connectivity index (χ4v) is 2.01. The van der Waals surface area contributed by atoms with Crippen molar-refractivity contribution in [2.45, 2.75) is 45.1 Å². The average molecular weight is 331 g/mol. The number of hydrogen-bond donors (Lipinski definition) is 2. The standard InChI is InChI=1S/C16H23FN2O2.ClH/c1-2-3-4-14(11-18)19-16(21)10-9-15(20)12-5-7-13(17)8-6-12;/h5-8,14H,2-4,9-11,18H2,1H3,(H,19,21);1H. The minimum Gasteiger partial charge on any atom is -0.352 e. The van der Waals surface area contributed by atoms with Crippen LogP contribution in [0.5, 0.6) is 0 Å². The van der Waals surface area contributed by atoms with Crippen LogP contribution in [-0.2, 0) is 4.79 Å². The molecule has 124 valence electrons. The van der Waals surface area contributed by atoms with E-state index < -0.39 is 0 Å². The maximum absolute atomic E-state index is 12.8. The highest BCUT2D eigenvalue weighted by Gasteiger charge is 2.13. The maximum atomic E-state index is 12.8. The van der Waals surface area contributed by atoms with Gasteiger partial charge in [0.15, 0.2) is 5.78 Å². The molecule has 1 rings (SSSR count). The van der Waals surface area contributed by atoms with E-state index in [-0.39, 0.29) is 48.8 Å². The Labute approximate surface area is 137 Å². The van der Waals surface area contributed by atoms with Crippen molar-refractivity contribution in [1.82, 2.24) is 5.32 Å². The molecule has 0 spiro atoms. The average Bonchev–Trinajstić information content (AvgIpc) is 2.49. The third-order valence-corrected chi connectivity index (χ3v) is 3.30. The van der Waals surface area contributed by atoms with Gasteiger partial charge in [-0.1, -0.05) is 19.8 Å². The Hall–Kier alpha value is -1.46. The second-order valence-electron chi connectivity index (χ2n) is 5.07. The van der Waals surface area contributed by atoms with E-state index in [1.54, 1.807) is 0 Å². The van der Waals surface area contributed by atoms with E-state index >= 15 is 0 Å². The summed E-state index contributed by atoms with van der Waals surface area (Å²) in [5.74, 6) is -0.717. The molecule has 1 unspecified atom stereocenters. The van der Waals surface area contributed by atoms with Crippen molar-refractivity contribution in [2.24, 2.45) is 5.73 Å². The zero-order chi connectivity index (χ0) is 15.7. The summed E-state index contributed by atoms with van der Waals surface area (Å²) in [5, 5.41) is 2.84. The summed E-state index contributed by atoms with van der Waals surface area (Å²) in [5.41, 5.74) is 6.03. The van der Waals surface area contributed by atoms with E-state index in [0.717, 1.165) is 19.3 Å². The number of unbranched alkanes of at least 4 members (excludes halogenated alkanes) is 1. The van der Waals surface area contributed by atoms with Gasteiger partial charge in [0.2, 0.25) is 5.91 Å². The summed E-state index contributed by atoms with van der Waals surface area (Å²) in [6.45, 7) is 2.48. The van der Waals surface area contributed by atoms with Crippen LogP contribution < -0.4 is 11.1 Å². The normalized spacial score (nSPS) is 11.4. The Morgan fingerprint density at radius 1 is 1.23 bits per heavy atom. The smallest absolute Gasteiger partial charge is 0.220 e. The van der Waals surface area contributed by atoms with Crippen molar-refractivity contribution >= 4 is 24.1 Å². The summed E-state index contributed by atoms with van der Waals surface area (Å²) in [4.78, 5) is 23.6. The quantitative estimate of drug-likeness (QED) is 0.684. The summed E-state index contributed by atoms with van der Waals surface area (Å²) in [7, 11) is 0. The molecule has 6 heteroatoms. The molecule has 0 aliphatic carbocycles. The minimum atomic E-state index is -0.383. The second-order valence-corrected chi connectivity index (χ2v) is 5.07. The van der Waals surface area contributed by atoms with Gasteiger partial charge >= 0.3 is 0 Å². The molecule has 0 fully saturated rings. The molecule has 1 aromatic rings. The first-order valence-corrected chi connectivity index (χ1v) is 7.35. The van der Waals surface area contributed by atoms with Crippen LogP contribution in [0, 0.1) is 5.82 Å². The van der Waals surface area contributed by atoms with Gasteiger partial charge in [-0.15, -0.1) is 12.4 Å². The van der Waals surface area contributed by atoms with E-state index in [0.29, 0.717) is 12.1 Å². The molecule has 1 aromatic carbocycles. The molecule has 0 aliphatic heterocycles. The third kappa shape index (κ3) is 7.52. The van der Waals surface area contributed by atoms with Crippen LogP contribution in [0.1, 0.15) is 49.4 Å². The highest BCUT2D eigenvalue weighted by Crippen LogP contribution is 2.08. The van der Waals surface area contributed by atoms with Gasteiger partial charge in [-0.25, -0.2) is 4.39 Å². The van der Waals surface area contributed by atoms with Crippen LogP contribution in [0.2, 0.25) is 0 Å². The van der Waals surface area contributed by atoms with Crippen molar-refractivity contribution in [3.63, 3.8) is 0 Å². The number of ketones is 1. The van der Waals surface area contributed by atoms with Crippen LogP contribution in [0.15, 0.2) is 24.3 Å². The number of carbonyl (C=O) groups excluding carboxylic acids is 2. The highest BCUT2D eigenvalue weighted by atomic mass is 35.5. The summed E-state index contributed by atoms with van der Waals surface area (Å²) in [6.07, 6.45) is 3.15. The number of nitrogens with one attached hydrogen (secondary N) is 1. The van der Waals surface area contributed by atoms with Crippen LogP contribution in [0.3, 0.4) is 0 Å². The van der Waals surface area contributed by atoms with E-state index in [1.807, 2.05) is 0 Å². The van der Waals surface area contributed by atoms with Gasteiger partial charge in [0.05, 0.1) is 0 Å². The predicted octanol–water partition coefficient (Wildman–Crippen LogP) is 2.84. The monoisotopic (exact) mass is 330 g/mol. The number of Topliss-reactive ketones (excluding diaryl/α,β-unsaturated/α-hetero) is 1. The molecule has 4 nitrogen and oxygen atoms in total. The Morgan fingerprint density at radius 2 is 1.86 bits per heavy atom. The number of halogens is 2. The number of hydrogen-bond acceptors (Lipinski definition) is 3. The Morgan fingerprint density at radius 3 is 2.41 bits per heavy atom. The molecule has 0 saturated carbocycles. The largest absolute Gasteiger partial charge is 0.352 e. The fraction of sp³-hybridized carbons (Fsp3) is 0.500. The van der Waals surface area contributed by atoms with E-state index in [1.165, 1.54) is 24.3 Å². The molecule has 0 aliphatic rings. The number of amides is 1. The Bertz CT molecular complexity index is 466.